The fraction of sp³-hybridized carbons (Fsp3) is 0.650. The van der Waals surface area contributed by atoms with Gasteiger partial charge in [0.2, 0.25) is 5.91 Å². The smallest absolute Gasteiger partial charge is 0.409 e. The minimum absolute atomic E-state index is 0.188. The van der Waals surface area contributed by atoms with Crippen molar-refractivity contribution in [2.75, 3.05) is 51.8 Å². The lowest BCUT2D eigenvalue weighted by Crippen LogP contribution is -2.38. The molecule has 0 aliphatic carbocycles. The third-order valence-corrected chi connectivity index (χ3v) is 5.90. The maximum absolute atomic E-state index is 12.6. The second-order valence-electron chi connectivity index (χ2n) is 7.61. The van der Waals surface area contributed by atoms with Gasteiger partial charge in [-0.15, -0.1) is 11.3 Å². The summed E-state index contributed by atoms with van der Waals surface area (Å²) >= 11 is 1.37. The van der Waals surface area contributed by atoms with Crippen LogP contribution in [0.25, 0.3) is 0 Å². The number of ether oxygens (including phenoxy) is 2. The van der Waals surface area contributed by atoms with Gasteiger partial charge in [0.1, 0.15) is 5.00 Å². The lowest BCUT2D eigenvalue weighted by Gasteiger charge is -2.21. The molecule has 0 bridgehead atoms. The molecule has 1 aliphatic rings. The average molecular weight is 426 g/mol. The Kier molecular flexibility index (Phi) is 8.45. The zero-order valence-corrected chi connectivity index (χ0v) is 18.7. The molecule has 2 rings (SSSR count). The van der Waals surface area contributed by atoms with Crippen molar-refractivity contribution < 1.29 is 23.9 Å². The lowest BCUT2D eigenvalue weighted by molar-refractivity contribution is -0.117. The predicted molar refractivity (Wildman–Crippen MR) is 113 cm³/mol. The maximum atomic E-state index is 12.6. The van der Waals surface area contributed by atoms with Gasteiger partial charge in [0.05, 0.1) is 25.8 Å². The second kappa shape index (κ2) is 10.6. The monoisotopic (exact) mass is 425 g/mol. The number of aryl methyl sites for hydroxylation is 1. The van der Waals surface area contributed by atoms with Gasteiger partial charge >= 0.3 is 12.1 Å². The molecule has 0 radical (unpaired) electrons. The largest absolute Gasteiger partial charge is 0.465 e. The van der Waals surface area contributed by atoms with Gasteiger partial charge in [0.25, 0.3) is 0 Å². The number of methoxy groups -OCH3 is 1. The first-order chi connectivity index (χ1) is 13.7. The summed E-state index contributed by atoms with van der Waals surface area (Å²) in [5.41, 5.74) is 1.24. The highest BCUT2D eigenvalue weighted by atomic mass is 32.1. The molecule has 1 aromatic rings. The van der Waals surface area contributed by atoms with Crippen LogP contribution in [-0.2, 0) is 14.3 Å². The number of esters is 1. The second-order valence-corrected chi connectivity index (χ2v) is 8.84. The van der Waals surface area contributed by atoms with Crippen molar-refractivity contribution in [3.8, 4) is 0 Å². The Labute approximate surface area is 176 Å². The van der Waals surface area contributed by atoms with E-state index in [1.54, 1.807) is 4.90 Å². The van der Waals surface area contributed by atoms with Gasteiger partial charge in [-0.25, -0.2) is 9.59 Å². The molecule has 1 saturated heterocycles. The van der Waals surface area contributed by atoms with Crippen LogP contribution in [0.1, 0.15) is 41.1 Å². The summed E-state index contributed by atoms with van der Waals surface area (Å²) in [6, 6.07) is 0. The molecule has 0 saturated carbocycles. The van der Waals surface area contributed by atoms with Crippen molar-refractivity contribution in [1.82, 2.24) is 9.80 Å². The molecular weight excluding hydrogens is 394 g/mol. The predicted octanol–water partition coefficient (Wildman–Crippen LogP) is 2.89. The van der Waals surface area contributed by atoms with E-state index < -0.39 is 5.97 Å². The normalized spacial score (nSPS) is 15.2. The van der Waals surface area contributed by atoms with Gasteiger partial charge in [-0.2, -0.15) is 0 Å². The number of hydrogen-bond donors (Lipinski definition) is 1. The van der Waals surface area contributed by atoms with E-state index in [9.17, 15) is 14.4 Å². The Morgan fingerprint density at radius 3 is 2.52 bits per heavy atom. The van der Waals surface area contributed by atoms with E-state index in [1.807, 2.05) is 32.6 Å². The minimum Gasteiger partial charge on any atom is -0.465 e. The third kappa shape index (κ3) is 6.43. The SMILES string of the molecule is COC(=O)c1c(NC(=O)CN2CCCN(C(=O)OCC(C)C)CC2)sc(C)c1C. The molecule has 2 amide bonds. The molecule has 1 aromatic heterocycles. The molecule has 1 aliphatic heterocycles. The van der Waals surface area contributed by atoms with Crippen molar-refractivity contribution in [1.29, 1.82) is 0 Å². The summed E-state index contributed by atoms with van der Waals surface area (Å²) in [5.74, 6) is -0.342. The van der Waals surface area contributed by atoms with E-state index in [1.165, 1.54) is 18.4 Å². The highest BCUT2D eigenvalue weighted by Gasteiger charge is 2.24. The Morgan fingerprint density at radius 2 is 1.86 bits per heavy atom. The summed E-state index contributed by atoms with van der Waals surface area (Å²) in [4.78, 5) is 41.4. The van der Waals surface area contributed by atoms with Gasteiger partial charge in [-0.05, 0) is 31.7 Å². The first kappa shape index (κ1) is 23.2. The lowest BCUT2D eigenvalue weighted by atomic mass is 10.1. The molecule has 29 heavy (non-hydrogen) atoms. The standard InChI is InChI=1S/C20H31N3O5S/c1-13(2)12-28-20(26)23-8-6-7-22(9-10-23)11-16(24)21-18-17(19(25)27-5)14(3)15(4)29-18/h13H,6-12H2,1-5H3,(H,21,24). The van der Waals surface area contributed by atoms with Crippen LogP contribution in [0.3, 0.4) is 0 Å². The number of carbonyl (C=O) groups excluding carboxylic acids is 3. The number of amides is 2. The first-order valence-electron chi connectivity index (χ1n) is 9.85. The fourth-order valence-corrected chi connectivity index (χ4v) is 4.14. The van der Waals surface area contributed by atoms with Gasteiger partial charge in [0.15, 0.2) is 0 Å². The van der Waals surface area contributed by atoms with Crippen LogP contribution in [-0.4, -0.2) is 74.2 Å². The summed E-state index contributed by atoms with van der Waals surface area (Å²) in [6.45, 7) is 10.8. The fourth-order valence-electron chi connectivity index (χ4n) is 3.07. The molecule has 1 N–H and O–H groups in total. The summed E-state index contributed by atoms with van der Waals surface area (Å²) < 4.78 is 10.1. The molecule has 0 aromatic carbocycles. The van der Waals surface area contributed by atoms with Gasteiger partial charge < -0.3 is 19.7 Å². The number of carbonyl (C=O) groups is 3. The van der Waals surface area contributed by atoms with Crippen LogP contribution in [0.5, 0.6) is 0 Å². The van der Waals surface area contributed by atoms with E-state index in [0.717, 1.165) is 16.9 Å². The molecule has 0 spiro atoms. The number of nitrogens with zero attached hydrogens (tertiary/aromatic N) is 2. The summed E-state index contributed by atoms with van der Waals surface area (Å²) in [5, 5.41) is 3.37. The molecule has 8 nitrogen and oxygen atoms in total. The first-order valence-corrected chi connectivity index (χ1v) is 10.7. The number of thiophene rings is 1. The number of hydrogen-bond acceptors (Lipinski definition) is 7. The van der Waals surface area contributed by atoms with E-state index in [-0.39, 0.29) is 18.5 Å². The van der Waals surface area contributed by atoms with Crippen LogP contribution in [0.15, 0.2) is 0 Å². The van der Waals surface area contributed by atoms with Gasteiger partial charge in [-0.1, -0.05) is 13.8 Å². The van der Waals surface area contributed by atoms with E-state index >= 15 is 0 Å². The van der Waals surface area contributed by atoms with Gasteiger partial charge in [-0.3, -0.25) is 9.69 Å². The number of anilines is 1. The zero-order chi connectivity index (χ0) is 21.6. The molecule has 0 unspecified atom stereocenters. The number of rotatable bonds is 6. The molecule has 162 valence electrons. The van der Waals surface area contributed by atoms with Crippen LogP contribution in [0.4, 0.5) is 9.80 Å². The van der Waals surface area contributed by atoms with E-state index in [0.29, 0.717) is 49.3 Å². The van der Waals surface area contributed by atoms with Crippen LogP contribution in [0.2, 0.25) is 0 Å². The summed E-state index contributed by atoms with van der Waals surface area (Å²) in [6.07, 6.45) is 0.478. The van der Waals surface area contributed by atoms with Gasteiger partial charge in [0, 0.05) is 31.1 Å². The van der Waals surface area contributed by atoms with Crippen LogP contribution >= 0.6 is 11.3 Å². The molecule has 9 heteroatoms. The van der Waals surface area contributed by atoms with Crippen LogP contribution < -0.4 is 5.32 Å². The molecule has 1 fully saturated rings. The highest BCUT2D eigenvalue weighted by Crippen LogP contribution is 2.32. The summed E-state index contributed by atoms with van der Waals surface area (Å²) in [7, 11) is 1.33. The third-order valence-electron chi connectivity index (χ3n) is 4.78. The molecule has 2 heterocycles. The van der Waals surface area contributed by atoms with Crippen molar-refractivity contribution >= 4 is 34.3 Å². The Balaban J connectivity index is 1.91. The Bertz CT molecular complexity index is 747. The topological polar surface area (TPSA) is 88.2 Å². The van der Waals surface area contributed by atoms with Crippen molar-refractivity contribution in [2.45, 2.75) is 34.1 Å². The average Bonchev–Trinajstić information content (AvgIpc) is 2.83. The van der Waals surface area contributed by atoms with Crippen molar-refractivity contribution in [3.05, 3.63) is 16.0 Å². The Hall–Kier alpha value is -2.13. The number of nitrogens with one attached hydrogen (secondary N) is 1. The highest BCUT2D eigenvalue weighted by molar-refractivity contribution is 7.16. The Morgan fingerprint density at radius 1 is 1.14 bits per heavy atom. The quantitative estimate of drug-likeness (QED) is 0.705. The maximum Gasteiger partial charge on any atom is 0.409 e. The zero-order valence-electron chi connectivity index (χ0n) is 17.9. The molecular formula is C20H31N3O5S. The van der Waals surface area contributed by atoms with Crippen LogP contribution in [0, 0.1) is 19.8 Å². The molecule has 0 atom stereocenters. The van der Waals surface area contributed by atoms with E-state index in [4.69, 9.17) is 9.47 Å². The minimum atomic E-state index is -0.451. The van der Waals surface area contributed by atoms with Crippen molar-refractivity contribution in [2.24, 2.45) is 5.92 Å². The van der Waals surface area contributed by atoms with E-state index in [2.05, 4.69) is 5.32 Å². The van der Waals surface area contributed by atoms with Crippen molar-refractivity contribution in [3.63, 3.8) is 0 Å².